The molecule has 1 aliphatic rings. The van der Waals surface area contributed by atoms with Gasteiger partial charge >= 0.3 is 5.97 Å². The van der Waals surface area contributed by atoms with Crippen LogP contribution in [0.3, 0.4) is 0 Å². The molecule has 0 saturated carbocycles. The average Bonchev–Trinajstić information content (AvgIpc) is 3.06. The summed E-state index contributed by atoms with van der Waals surface area (Å²) < 4.78 is 25.1. The molecule has 1 N–H and O–H groups in total. The number of benzene rings is 4. The first-order chi connectivity index (χ1) is 21.6. The molecule has 0 bridgehead atoms. The first-order valence-electron chi connectivity index (χ1n) is 15.1. The van der Waals surface area contributed by atoms with Gasteiger partial charge in [-0.1, -0.05) is 121 Å². The lowest BCUT2D eigenvalue weighted by Crippen LogP contribution is -2.69. The van der Waals surface area contributed by atoms with E-state index in [9.17, 15) is 9.90 Å². The molecule has 0 unspecified atom stereocenters. The number of carbonyl (C=O) groups excluding carboxylic acids is 1. The third kappa shape index (κ3) is 8.85. The fourth-order valence-electron chi connectivity index (χ4n) is 5.68. The van der Waals surface area contributed by atoms with Crippen molar-refractivity contribution in [1.29, 1.82) is 0 Å². The third-order valence-electron chi connectivity index (χ3n) is 7.92. The number of carbonyl (C=O) groups is 1. The van der Waals surface area contributed by atoms with Crippen LogP contribution in [0.25, 0.3) is 0 Å². The highest BCUT2D eigenvalue weighted by Gasteiger charge is 2.50. The molecule has 0 spiro atoms. The van der Waals surface area contributed by atoms with Crippen molar-refractivity contribution in [3.63, 3.8) is 0 Å². The van der Waals surface area contributed by atoms with Gasteiger partial charge in [-0.2, -0.15) is 0 Å². The summed E-state index contributed by atoms with van der Waals surface area (Å²) >= 11 is 0. The molecule has 7 heteroatoms. The number of rotatable bonds is 14. The minimum atomic E-state index is -1.01. The molecule has 1 fully saturated rings. The van der Waals surface area contributed by atoms with E-state index in [0.29, 0.717) is 33.0 Å². The molecule has 5 rings (SSSR count). The van der Waals surface area contributed by atoms with Gasteiger partial charge in [-0.15, -0.1) is 0 Å². The van der Waals surface area contributed by atoms with Gasteiger partial charge in [0.15, 0.2) is 0 Å². The minimum absolute atomic E-state index is 0.00905. The van der Waals surface area contributed by atoms with Gasteiger partial charge in [-0.25, -0.2) is 0 Å². The van der Waals surface area contributed by atoms with Crippen molar-refractivity contribution in [2.24, 2.45) is 0 Å². The van der Waals surface area contributed by atoms with E-state index in [-0.39, 0.29) is 12.6 Å². The predicted octanol–water partition coefficient (Wildman–Crippen LogP) is 5.55. The van der Waals surface area contributed by atoms with Gasteiger partial charge in [0.1, 0.15) is 24.9 Å². The number of hydrogen-bond acceptors (Lipinski definition) is 7. The van der Waals surface area contributed by atoms with Crippen molar-refractivity contribution >= 4 is 5.97 Å². The number of ether oxygens (including phenoxy) is 4. The molecule has 0 amide bonds. The molecule has 0 radical (unpaired) electrons. The number of aliphatic hydroxyl groups is 1. The van der Waals surface area contributed by atoms with E-state index in [1.54, 1.807) is 0 Å². The summed E-state index contributed by atoms with van der Waals surface area (Å²) in [7, 11) is 0. The minimum Gasteiger partial charge on any atom is -0.464 e. The summed E-state index contributed by atoms with van der Waals surface area (Å²) in [6.45, 7) is 3.27. The van der Waals surface area contributed by atoms with Crippen molar-refractivity contribution in [2.75, 3.05) is 13.2 Å². The number of nitrogens with zero attached hydrogens (tertiary/aromatic N) is 1. The van der Waals surface area contributed by atoms with E-state index >= 15 is 0 Å². The van der Waals surface area contributed by atoms with Crippen LogP contribution in [0.2, 0.25) is 0 Å². The normalized spacial score (nSPS) is 22.0. The van der Waals surface area contributed by atoms with Crippen LogP contribution in [0.15, 0.2) is 121 Å². The average molecular weight is 596 g/mol. The summed E-state index contributed by atoms with van der Waals surface area (Å²) in [6, 6.07) is 39.1. The lowest BCUT2D eigenvalue weighted by Gasteiger charge is -2.51. The zero-order valence-corrected chi connectivity index (χ0v) is 25.1. The second kappa shape index (κ2) is 16.3. The van der Waals surface area contributed by atoms with E-state index in [1.165, 1.54) is 6.92 Å². The molecule has 4 aromatic rings. The molecular weight excluding hydrogens is 554 g/mol. The standard InChI is InChI=1S/C37H41NO6/c1-28(39)42-27-33-35(40)37(44-25-32-20-12-5-13-21-32)36(43-24-31-18-10-4-11-19-31)34(26-41-23-30-16-8-3-9-17-30)38(33)22-29-14-6-2-7-15-29/h2-21,33-37,40H,22-27H2,1H3/t33-,34-,35+,36-,37-/m1/s1. The Hall–Kier alpha value is -3.85. The molecular formula is C37H41NO6. The van der Waals surface area contributed by atoms with Crippen molar-refractivity contribution in [1.82, 2.24) is 4.90 Å². The molecule has 1 saturated heterocycles. The van der Waals surface area contributed by atoms with E-state index in [0.717, 1.165) is 22.3 Å². The zero-order chi connectivity index (χ0) is 30.6. The van der Waals surface area contributed by atoms with Crippen LogP contribution >= 0.6 is 0 Å². The molecule has 1 heterocycles. The van der Waals surface area contributed by atoms with Crippen LogP contribution in [0.5, 0.6) is 0 Å². The molecule has 7 nitrogen and oxygen atoms in total. The second-order valence-electron chi connectivity index (χ2n) is 11.1. The van der Waals surface area contributed by atoms with Crippen LogP contribution in [-0.2, 0) is 50.1 Å². The van der Waals surface area contributed by atoms with Crippen molar-refractivity contribution in [2.45, 2.75) is 63.7 Å². The number of esters is 1. The van der Waals surface area contributed by atoms with Crippen molar-refractivity contribution in [3.05, 3.63) is 144 Å². The largest absolute Gasteiger partial charge is 0.464 e. The summed E-state index contributed by atoms with van der Waals surface area (Å²) in [5.41, 5.74) is 4.13. The molecule has 230 valence electrons. The van der Waals surface area contributed by atoms with Crippen LogP contribution in [-0.4, -0.2) is 59.6 Å². The Bertz CT molecular complexity index is 1390. The van der Waals surface area contributed by atoms with E-state index in [1.807, 2.05) is 109 Å². The molecule has 0 aromatic heterocycles. The smallest absolute Gasteiger partial charge is 0.302 e. The maximum atomic E-state index is 12.0. The second-order valence-corrected chi connectivity index (χ2v) is 11.1. The first kappa shape index (κ1) is 31.6. The third-order valence-corrected chi connectivity index (χ3v) is 7.92. The Kier molecular flexibility index (Phi) is 11.7. The van der Waals surface area contributed by atoms with Crippen molar-refractivity contribution < 1.29 is 28.8 Å². The van der Waals surface area contributed by atoms with Gasteiger partial charge in [0.05, 0.1) is 38.5 Å². The highest BCUT2D eigenvalue weighted by atomic mass is 16.6. The molecule has 1 aliphatic heterocycles. The van der Waals surface area contributed by atoms with Crippen LogP contribution in [0, 0.1) is 0 Å². The SMILES string of the molecule is CC(=O)OC[C@@H]1[C@H](O)[C@@H](OCc2ccccc2)[C@H](OCc2ccccc2)[C@@H](COCc2ccccc2)N1Cc1ccccc1. The fraction of sp³-hybridized carbons (Fsp3) is 0.324. The first-order valence-corrected chi connectivity index (χ1v) is 15.1. The van der Waals surface area contributed by atoms with Gasteiger partial charge in [-0.3, -0.25) is 9.69 Å². The Balaban J connectivity index is 1.48. The highest BCUT2D eigenvalue weighted by Crippen LogP contribution is 2.32. The molecule has 4 aromatic carbocycles. The highest BCUT2D eigenvalue weighted by molar-refractivity contribution is 5.65. The quantitative estimate of drug-likeness (QED) is 0.192. The maximum Gasteiger partial charge on any atom is 0.302 e. The molecule has 0 aliphatic carbocycles. The van der Waals surface area contributed by atoms with Gasteiger partial charge in [0.25, 0.3) is 0 Å². The topological polar surface area (TPSA) is 77.5 Å². The van der Waals surface area contributed by atoms with Crippen molar-refractivity contribution in [3.8, 4) is 0 Å². The summed E-state index contributed by atoms with van der Waals surface area (Å²) in [5, 5.41) is 12.0. The fourth-order valence-corrected chi connectivity index (χ4v) is 5.68. The Morgan fingerprint density at radius 3 is 1.57 bits per heavy atom. The molecule has 5 atom stereocenters. The Labute approximate surface area is 260 Å². The van der Waals surface area contributed by atoms with E-state index < -0.39 is 30.3 Å². The maximum absolute atomic E-state index is 12.0. The number of hydrogen-bond donors (Lipinski definition) is 1. The van der Waals surface area contributed by atoms with Gasteiger partial charge in [0.2, 0.25) is 0 Å². The lowest BCUT2D eigenvalue weighted by molar-refractivity contribution is -0.223. The predicted molar refractivity (Wildman–Crippen MR) is 168 cm³/mol. The van der Waals surface area contributed by atoms with Crippen LogP contribution < -0.4 is 0 Å². The summed E-state index contributed by atoms with van der Waals surface area (Å²) in [6.07, 6.45) is -2.27. The van der Waals surface area contributed by atoms with Gasteiger partial charge in [-0.05, 0) is 22.3 Å². The van der Waals surface area contributed by atoms with Gasteiger partial charge in [0, 0.05) is 13.5 Å². The van der Waals surface area contributed by atoms with Crippen LogP contribution in [0.4, 0.5) is 0 Å². The van der Waals surface area contributed by atoms with Gasteiger partial charge < -0.3 is 24.1 Å². The van der Waals surface area contributed by atoms with E-state index in [2.05, 4.69) is 17.0 Å². The van der Waals surface area contributed by atoms with Crippen LogP contribution in [0.1, 0.15) is 29.2 Å². The number of piperidine rings is 1. The number of aliphatic hydroxyl groups excluding tert-OH is 1. The zero-order valence-electron chi connectivity index (χ0n) is 25.1. The Morgan fingerprint density at radius 1 is 0.614 bits per heavy atom. The summed E-state index contributed by atoms with van der Waals surface area (Å²) in [5.74, 6) is -0.405. The lowest BCUT2D eigenvalue weighted by atomic mass is 9.87. The van der Waals surface area contributed by atoms with E-state index in [4.69, 9.17) is 18.9 Å². The summed E-state index contributed by atoms with van der Waals surface area (Å²) in [4.78, 5) is 14.1. The monoisotopic (exact) mass is 595 g/mol. The Morgan fingerprint density at radius 2 is 1.07 bits per heavy atom. The number of likely N-dealkylation sites (tertiary alicyclic amines) is 1. The molecule has 44 heavy (non-hydrogen) atoms.